The average Bonchev–Trinajstić information content (AvgIpc) is 2.06. The number of esters is 1. The van der Waals surface area contributed by atoms with Crippen LogP contribution in [0.3, 0.4) is 0 Å². The van der Waals surface area contributed by atoms with Gasteiger partial charge in [-0.2, -0.15) is 0 Å². The number of carbonyl (C=O) groups is 2. The van der Waals surface area contributed by atoms with Crippen LogP contribution >= 0.6 is 0 Å². The lowest BCUT2D eigenvalue weighted by Crippen LogP contribution is -2.12. The SMILES string of the molecule is C/C=C(\CC)C(=O)CC(=O)OCC. The van der Waals surface area contributed by atoms with Gasteiger partial charge in [0.05, 0.1) is 6.61 Å². The molecular formula is C10H16O3. The number of rotatable bonds is 5. The second-order valence-electron chi connectivity index (χ2n) is 2.57. The zero-order valence-corrected chi connectivity index (χ0v) is 8.42. The predicted octanol–water partition coefficient (Wildman–Crippen LogP) is 1.86. The number of carbonyl (C=O) groups excluding carboxylic acids is 2. The summed E-state index contributed by atoms with van der Waals surface area (Å²) in [4.78, 5) is 22.2. The molecule has 0 unspecified atom stereocenters. The van der Waals surface area contributed by atoms with Crippen LogP contribution in [-0.4, -0.2) is 18.4 Å². The van der Waals surface area contributed by atoms with Gasteiger partial charge >= 0.3 is 5.97 Å². The van der Waals surface area contributed by atoms with Crippen LogP contribution in [0, 0.1) is 0 Å². The first-order valence-electron chi connectivity index (χ1n) is 4.49. The molecule has 3 nitrogen and oxygen atoms in total. The maximum atomic E-state index is 11.3. The molecule has 0 amide bonds. The fraction of sp³-hybridized carbons (Fsp3) is 0.600. The minimum Gasteiger partial charge on any atom is -0.466 e. The highest BCUT2D eigenvalue weighted by Gasteiger charge is 2.12. The summed E-state index contributed by atoms with van der Waals surface area (Å²) < 4.78 is 4.66. The molecule has 3 heteroatoms. The van der Waals surface area contributed by atoms with Crippen LogP contribution in [0.15, 0.2) is 11.6 Å². The second-order valence-corrected chi connectivity index (χ2v) is 2.57. The fourth-order valence-corrected chi connectivity index (χ4v) is 1.02. The fourth-order valence-electron chi connectivity index (χ4n) is 1.02. The van der Waals surface area contributed by atoms with Gasteiger partial charge in [-0.1, -0.05) is 13.0 Å². The summed E-state index contributed by atoms with van der Waals surface area (Å²) in [6.07, 6.45) is 2.26. The molecular weight excluding hydrogens is 168 g/mol. The first kappa shape index (κ1) is 11.9. The van der Waals surface area contributed by atoms with E-state index in [0.717, 1.165) is 0 Å². The van der Waals surface area contributed by atoms with Crippen molar-refractivity contribution in [3.8, 4) is 0 Å². The Morgan fingerprint density at radius 1 is 1.31 bits per heavy atom. The normalized spacial score (nSPS) is 11.2. The van der Waals surface area contributed by atoms with Crippen LogP contribution in [0.1, 0.15) is 33.6 Å². The summed E-state index contributed by atoms with van der Waals surface area (Å²) >= 11 is 0. The van der Waals surface area contributed by atoms with Gasteiger partial charge < -0.3 is 4.74 Å². The number of hydrogen-bond acceptors (Lipinski definition) is 3. The van der Waals surface area contributed by atoms with Gasteiger partial charge in [0.2, 0.25) is 0 Å². The Balaban J connectivity index is 4.07. The van der Waals surface area contributed by atoms with E-state index >= 15 is 0 Å². The van der Waals surface area contributed by atoms with Gasteiger partial charge in [-0.05, 0) is 25.8 Å². The van der Waals surface area contributed by atoms with E-state index in [1.54, 1.807) is 19.9 Å². The van der Waals surface area contributed by atoms with Crippen molar-refractivity contribution in [3.63, 3.8) is 0 Å². The molecule has 0 rings (SSSR count). The van der Waals surface area contributed by atoms with Crippen LogP contribution in [-0.2, 0) is 14.3 Å². The molecule has 0 bridgehead atoms. The topological polar surface area (TPSA) is 43.4 Å². The predicted molar refractivity (Wildman–Crippen MR) is 50.3 cm³/mol. The van der Waals surface area contributed by atoms with Crippen molar-refractivity contribution in [1.82, 2.24) is 0 Å². The van der Waals surface area contributed by atoms with Gasteiger partial charge in [0.15, 0.2) is 5.78 Å². The summed E-state index contributed by atoms with van der Waals surface area (Å²) in [5.41, 5.74) is 0.688. The lowest BCUT2D eigenvalue weighted by molar-refractivity contribution is -0.144. The summed E-state index contributed by atoms with van der Waals surface area (Å²) in [6, 6.07) is 0. The largest absolute Gasteiger partial charge is 0.466 e. The zero-order valence-electron chi connectivity index (χ0n) is 8.42. The maximum absolute atomic E-state index is 11.3. The minimum atomic E-state index is -0.444. The van der Waals surface area contributed by atoms with E-state index in [0.29, 0.717) is 18.6 Å². The molecule has 0 fully saturated rings. The van der Waals surface area contributed by atoms with Crippen molar-refractivity contribution in [2.75, 3.05) is 6.61 Å². The molecule has 0 radical (unpaired) electrons. The molecule has 0 spiro atoms. The van der Waals surface area contributed by atoms with Crippen molar-refractivity contribution >= 4 is 11.8 Å². The van der Waals surface area contributed by atoms with Crippen LogP contribution in [0.4, 0.5) is 0 Å². The molecule has 0 aromatic rings. The van der Waals surface area contributed by atoms with Gasteiger partial charge in [0, 0.05) is 0 Å². The van der Waals surface area contributed by atoms with E-state index in [-0.39, 0.29) is 12.2 Å². The highest BCUT2D eigenvalue weighted by molar-refractivity contribution is 6.05. The third-order valence-corrected chi connectivity index (χ3v) is 1.70. The maximum Gasteiger partial charge on any atom is 0.313 e. The number of ketones is 1. The van der Waals surface area contributed by atoms with E-state index in [2.05, 4.69) is 4.74 Å². The van der Waals surface area contributed by atoms with Crippen LogP contribution in [0.25, 0.3) is 0 Å². The summed E-state index contributed by atoms with van der Waals surface area (Å²) in [6.45, 7) is 5.72. The van der Waals surface area contributed by atoms with E-state index in [9.17, 15) is 9.59 Å². The van der Waals surface area contributed by atoms with Crippen molar-refractivity contribution in [3.05, 3.63) is 11.6 Å². The third kappa shape index (κ3) is 4.45. The molecule has 13 heavy (non-hydrogen) atoms. The van der Waals surface area contributed by atoms with E-state index in [1.807, 2.05) is 6.92 Å². The van der Waals surface area contributed by atoms with Gasteiger partial charge in [0.25, 0.3) is 0 Å². The Kier molecular flexibility index (Phi) is 5.85. The van der Waals surface area contributed by atoms with Gasteiger partial charge in [0.1, 0.15) is 6.42 Å². The molecule has 0 aliphatic carbocycles. The van der Waals surface area contributed by atoms with Gasteiger partial charge in [-0.3, -0.25) is 9.59 Å². The molecule has 0 aliphatic rings. The first-order chi connectivity index (χ1) is 6.15. The Bertz CT molecular complexity index is 216. The highest BCUT2D eigenvalue weighted by atomic mass is 16.5. The zero-order chi connectivity index (χ0) is 10.3. The van der Waals surface area contributed by atoms with Crippen LogP contribution < -0.4 is 0 Å². The van der Waals surface area contributed by atoms with Crippen LogP contribution in [0.5, 0.6) is 0 Å². The van der Waals surface area contributed by atoms with E-state index in [4.69, 9.17) is 0 Å². The number of hydrogen-bond donors (Lipinski definition) is 0. The van der Waals surface area contributed by atoms with E-state index < -0.39 is 5.97 Å². The second kappa shape index (κ2) is 6.40. The van der Waals surface area contributed by atoms with Crippen molar-refractivity contribution in [2.24, 2.45) is 0 Å². The van der Waals surface area contributed by atoms with Crippen molar-refractivity contribution in [1.29, 1.82) is 0 Å². The molecule has 0 aromatic carbocycles. The molecule has 74 valence electrons. The van der Waals surface area contributed by atoms with Gasteiger partial charge in [-0.25, -0.2) is 0 Å². The van der Waals surface area contributed by atoms with Crippen molar-refractivity contribution < 1.29 is 14.3 Å². The Hall–Kier alpha value is -1.12. The quantitative estimate of drug-likeness (QED) is 0.372. The minimum absolute atomic E-state index is 0.136. The molecule has 0 N–H and O–H groups in total. The molecule has 0 saturated carbocycles. The summed E-state index contributed by atoms with van der Waals surface area (Å²) in [5, 5.41) is 0. The molecule has 0 aliphatic heterocycles. The third-order valence-electron chi connectivity index (χ3n) is 1.70. The average molecular weight is 184 g/mol. The smallest absolute Gasteiger partial charge is 0.313 e. The highest BCUT2D eigenvalue weighted by Crippen LogP contribution is 2.05. The van der Waals surface area contributed by atoms with Gasteiger partial charge in [-0.15, -0.1) is 0 Å². The molecule has 0 aromatic heterocycles. The Labute approximate surface area is 78.8 Å². The Morgan fingerprint density at radius 3 is 2.31 bits per heavy atom. The lowest BCUT2D eigenvalue weighted by atomic mass is 10.1. The number of Topliss-reactive ketones (excluding diaryl/α,β-unsaturated/α-hetero) is 1. The molecule has 0 saturated heterocycles. The first-order valence-corrected chi connectivity index (χ1v) is 4.49. The summed E-state index contributed by atoms with van der Waals surface area (Å²) in [7, 11) is 0. The standard InChI is InChI=1S/C10H16O3/c1-4-8(5-2)9(11)7-10(12)13-6-3/h4H,5-7H2,1-3H3/b8-4+. The monoisotopic (exact) mass is 184 g/mol. The molecule has 0 atom stereocenters. The van der Waals surface area contributed by atoms with Crippen LogP contribution in [0.2, 0.25) is 0 Å². The van der Waals surface area contributed by atoms with E-state index in [1.165, 1.54) is 0 Å². The number of ether oxygens (including phenoxy) is 1. The molecule has 0 heterocycles. The Morgan fingerprint density at radius 2 is 1.92 bits per heavy atom. The lowest BCUT2D eigenvalue weighted by Gasteiger charge is -2.02. The van der Waals surface area contributed by atoms with Crippen molar-refractivity contribution in [2.45, 2.75) is 33.6 Å². The summed E-state index contributed by atoms with van der Waals surface area (Å²) in [5.74, 6) is -0.580. The number of allylic oxidation sites excluding steroid dienone is 2.